The summed E-state index contributed by atoms with van der Waals surface area (Å²) >= 11 is 6.30. The van der Waals surface area contributed by atoms with Gasteiger partial charge in [-0.25, -0.2) is 0 Å². The molecule has 0 bridgehead atoms. The molecule has 4 N–H and O–H groups in total. The van der Waals surface area contributed by atoms with E-state index in [0.717, 1.165) is 0 Å². The molecule has 0 radical (unpaired) electrons. The van der Waals surface area contributed by atoms with Crippen LogP contribution in [-0.2, 0) is 15.0 Å². The number of benzene rings is 1. The van der Waals surface area contributed by atoms with Gasteiger partial charge in [-0.3, -0.25) is 19.6 Å². The molecule has 1 aliphatic heterocycles. The summed E-state index contributed by atoms with van der Waals surface area (Å²) in [5.41, 5.74) is 11.8. The van der Waals surface area contributed by atoms with Gasteiger partial charge in [-0.05, 0) is 36.2 Å². The zero-order valence-electron chi connectivity index (χ0n) is 13.1. The summed E-state index contributed by atoms with van der Waals surface area (Å²) in [7, 11) is 0. The van der Waals surface area contributed by atoms with Crippen LogP contribution in [0.1, 0.15) is 12.0 Å². The quantitative estimate of drug-likeness (QED) is 0.875. The van der Waals surface area contributed by atoms with Gasteiger partial charge in [0.2, 0.25) is 5.91 Å². The van der Waals surface area contributed by atoms with E-state index in [2.05, 4.69) is 9.98 Å². The molecule has 126 valence electrons. The highest BCUT2D eigenvalue weighted by Gasteiger charge is 2.38. The number of amides is 2. The third-order valence-corrected chi connectivity index (χ3v) is 4.49. The number of hydrogen-bond donors (Lipinski definition) is 2. The Hall–Kier alpha value is -2.99. The fourth-order valence-electron chi connectivity index (χ4n) is 2.73. The Labute approximate surface area is 149 Å². The minimum absolute atomic E-state index is 0.107. The van der Waals surface area contributed by atoms with Crippen molar-refractivity contribution in [2.45, 2.75) is 11.8 Å². The van der Waals surface area contributed by atoms with Crippen molar-refractivity contribution in [2.24, 2.45) is 16.5 Å². The zero-order chi connectivity index (χ0) is 18.0. The van der Waals surface area contributed by atoms with Gasteiger partial charge in [-0.2, -0.15) is 0 Å². The van der Waals surface area contributed by atoms with Crippen molar-refractivity contribution in [3.05, 3.63) is 65.0 Å². The molecule has 1 aromatic carbocycles. The molecule has 25 heavy (non-hydrogen) atoms. The molecule has 1 aliphatic rings. The van der Waals surface area contributed by atoms with Crippen LogP contribution in [0.4, 0.5) is 0 Å². The topological polar surface area (TPSA) is 111 Å². The van der Waals surface area contributed by atoms with E-state index in [0.29, 0.717) is 21.8 Å². The minimum atomic E-state index is -1.17. The summed E-state index contributed by atoms with van der Waals surface area (Å²) in [5, 5.41) is 0.503. The average Bonchev–Trinajstić information content (AvgIpc) is 2.62. The number of nitrogens with zero attached hydrogens (tertiary/aromatic N) is 2. The lowest BCUT2D eigenvalue weighted by atomic mass is 9.76. The third kappa shape index (κ3) is 3.04. The van der Waals surface area contributed by atoms with Crippen LogP contribution >= 0.6 is 11.6 Å². The second-order valence-electron chi connectivity index (χ2n) is 5.66. The number of carbonyl (C=O) groups excluding carboxylic acids is 2. The first-order chi connectivity index (χ1) is 11.9. The first kappa shape index (κ1) is 16.9. The Morgan fingerprint density at radius 2 is 1.96 bits per heavy atom. The molecule has 0 spiro atoms. The number of allylic oxidation sites excluding steroid dienone is 1. The van der Waals surface area contributed by atoms with E-state index in [9.17, 15) is 9.59 Å². The largest absolute Gasteiger partial charge is 0.369 e. The molecule has 2 aromatic rings. The Balaban J connectivity index is 2.10. The van der Waals surface area contributed by atoms with Gasteiger partial charge in [-0.1, -0.05) is 29.8 Å². The van der Waals surface area contributed by atoms with Gasteiger partial charge in [0.25, 0.3) is 5.91 Å². The van der Waals surface area contributed by atoms with Crippen molar-refractivity contribution in [3.8, 4) is 11.3 Å². The standard InChI is InChI=1S/C18H15ClN4O2/c19-13-5-4-11(9-12(13)14-3-1-2-8-22-14)18(17(21)25)7-6-15(16(20)24)23-10-18/h1-6,8-10H,7H2,(H2,20,24)(H2,21,25). The van der Waals surface area contributed by atoms with Crippen LogP contribution in [0.25, 0.3) is 11.3 Å². The number of primary amides is 2. The first-order valence-corrected chi connectivity index (χ1v) is 7.88. The Kier molecular flexibility index (Phi) is 4.37. The molecule has 0 aliphatic carbocycles. The van der Waals surface area contributed by atoms with Gasteiger partial charge in [0.15, 0.2) is 0 Å². The number of pyridine rings is 1. The molecule has 1 unspecified atom stereocenters. The Morgan fingerprint density at radius 3 is 2.52 bits per heavy atom. The van der Waals surface area contributed by atoms with E-state index >= 15 is 0 Å². The maximum Gasteiger partial charge on any atom is 0.266 e. The van der Waals surface area contributed by atoms with E-state index in [1.54, 1.807) is 30.5 Å². The van der Waals surface area contributed by atoms with Gasteiger partial charge in [0.05, 0.1) is 5.69 Å². The first-order valence-electron chi connectivity index (χ1n) is 7.50. The van der Waals surface area contributed by atoms with Crippen molar-refractivity contribution in [2.75, 3.05) is 0 Å². The maximum absolute atomic E-state index is 12.2. The van der Waals surface area contributed by atoms with Gasteiger partial charge in [0, 0.05) is 23.0 Å². The van der Waals surface area contributed by atoms with Crippen LogP contribution in [-0.4, -0.2) is 23.0 Å². The van der Waals surface area contributed by atoms with Crippen molar-refractivity contribution in [1.29, 1.82) is 0 Å². The smallest absolute Gasteiger partial charge is 0.266 e. The average molecular weight is 355 g/mol. The molecule has 1 atom stereocenters. The van der Waals surface area contributed by atoms with Crippen LogP contribution in [0, 0.1) is 0 Å². The predicted molar refractivity (Wildman–Crippen MR) is 95.9 cm³/mol. The van der Waals surface area contributed by atoms with Crippen molar-refractivity contribution >= 4 is 29.6 Å². The summed E-state index contributed by atoms with van der Waals surface area (Å²) in [6.07, 6.45) is 4.74. The Bertz CT molecular complexity index is 909. The summed E-state index contributed by atoms with van der Waals surface area (Å²) in [6.45, 7) is 0. The Morgan fingerprint density at radius 1 is 1.16 bits per heavy atom. The highest BCUT2D eigenvalue weighted by Crippen LogP contribution is 2.35. The van der Waals surface area contributed by atoms with Gasteiger partial charge in [0.1, 0.15) is 11.1 Å². The van der Waals surface area contributed by atoms with Crippen LogP contribution in [0.15, 0.2) is 59.4 Å². The zero-order valence-corrected chi connectivity index (χ0v) is 13.9. The number of nitrogens with two attached hydrogens (primary N) is 2. The van der Waals surface area contributed by atoms with E-state index in [1.165, 1.54) is 12.3 Å². The molecule has 7 heteroatoms. The van der Waals surface area contributed by atoms with Crippen LogP contribution in [0.3, 0.4) is 0 Å². The van der Waals surface area contributed by atoms with Gasteiger partial charge < -0.3 is 11.5 Å². The third-order valence-electron chi connectivity index (χ3n) is 4.16. The number of hydrogen-bond acceptors (Lipinski definition) is 4. The number of carbonyl (C=O) groups is 2. The van der Waals surface area contributed by atoms with E-state index < -0.39 is 17.2 Å². The molecule has 3 rings (SSSR count). The van der Waals surface area contributed by atoms with E-state index in [4.69, 9.17) is 23.1 Å². The number of rotatable bonds is 4. The second-order valence-corrected chi connectivity index (χ2v) is 6.07. The monoisotopic (exact) mass is 354 g/mol. The molecular formula is C18H15ClN4O2. The van der Waals surface area contributed by atoms with E-state index in [-0.39, 0.29) is 12.1 Å². The highest BCUT2D eigenvalue weighted by molar-refractivity contribution is 6.33. The van der Waals surface area contributed by atoms with Crippen molar-refractivity contribution < 1.29 is 9.59 Å². The highest BCUT2D eigenvalue weighted by atomic mass is 35.5. The second kappa shape index (κ2) is 6.49. The molecule has 2 heterocycles. The molecule has 0 saturated carbocycles. The summed E-state index contributed by atoms with van der Waals surface area (Å²) in [6, 6.07) is 10.6. The van der Waals surface area contributed by atoms with E-state index in [1.807, 2.05) is 12.1 Å². The maximum atomic E-state index is 12.2. The lowest BCUT2D eigenvalue weighted by Gasteiger charge is -2.28. The van der Waals surface area contributed by atoms with Crippen molar-refractivity contribution in [1.82, 2.24) is 4.98 Å². The minimum Gasteiger partial charge on any atom is -0.369 e. The van der Waals surface area contributed by atoms with Gasteiger partial charge in [-0.15, -0.1) is 0 Å². The van der Waals surface area contributed by atoms with Crippen LogP contribution < -0.4 is 11.5 Å². The molecular weight excluding hydrogens is 340 g/mol. The molecule has 0 saturated heterocycles. The molecule has 1 aromatic heterocycles. The number of halogens is 1. The summed E-state index contributed by atoms with van der Waals surface area (Å²) in [5.74, 6) is -1.23. The lowest BCUT2D eigenvalue weighted by molar-refractivity contribution is -0.121. The fourth-order valence-corrected chi connectivity index (χ4v) is 2.94. The van der Waals surface area contributed by atoms with Gasteiger partial charge >= 0.3 is 0 Å². The molecule has 6 nitrogen and oxygen atoms in total. The van der Waals surface area contributed by atoms with Crippen LogP contribution in [0.5, 0.6) is 0 Å². The summed E-state index contributed by atoms with van der Waals surface area (Å²) < 4.78 is 0. The summed E-state index contributed by atoms with van der Waals surface area (Å²) in [4.78, 5) is 31.8. The van der Waals surface area contributed by atoms with Crippen molar-refractivity contribution in [3.63, 3.8) is 0 Å². The fraction of sp³-hybridized carbons (Fsp3) is 0.111. The predicted octanol–water partition coefficient (Wildman–Crippen LogP) is 1.97. The normalized spacial score (nSPS) is 19.3. The lowest BCUT2D eigenvalue weighted by Crippen LogP contribution is -2.44. The SMILES string of the molecule is NC(=O)C1=CCC(C(N)=O)(c2ccc(Cl)c(-c3ccccn3)c2)C=N1. The van der Waals surface area contributed by atoms with Crippen LogP contribution in [0.2, 0.25) is 5.02 Å². The molecule has 2 amide bonds. The number of aliphatic imine (C=N–C) groups is 1. The number of aromatic nitrogens is 1. The molecule has 0 fully saturated rings.